The summed E-state index contributed by atoms with van der Waals surface area (Å²) < 4.78 is 0. The molecular weight excluding hydrogens is 302 g/mol. The fourth-order valence-electron chi connectivity index (χ4n) is 1.98. The third-order valence-electron chi connectivity index (χ3n) is 3.24. The van der Waals surface area contributed by atoms with Gasteiger partial charge in [-0.3, -0.25) is 4.79 Å². The summed E-state index contributed by atoms with van der Waals surface area (Å²) in [5.41, 5.74) is 1.74. The van der Waals surface area contributed by atoms with Gasteiger partial charge in [0.05, 0.1) is 10.6 Å². The van der Waals surface area contributed by atoms with Gasteiger partial charge in [-0.15, -0.1) is 11.3 Å². The van der Waals surface area contributed by atoms with E-state index in [2.05, 4.69) is 32.9 Å². The van der Waals surface area contributed by atoms with Crippen molar-refractivity contribution in [2.24, 2.45) is 0 Å². The second kappa shape index (κ2) is 5.82. The smallest absolute Gasteiger partial charge is 0.254 e. The van der Waals surface area contributed by atoms with Gasteiger partial charge in [-0.25, -0.2) is 0 Å². The molecular formula is C17H20ClNOS. The third-order valence-corrected chi connectivity index (χ3v) is 5.11. The average Bonchev–Trinajstić information content (AvgIpc) is 2.87. The number of thiophene rings is 1. The van der Waals surface area contributed by atoms with Crippen LogP contribution < -0.4 is 0 Å². The van der Waals surface area contributed by atoms with E-state index < -0.39 is 0 Å². The van der Waals surface area contributed by atoms with Crippen molar-refractivity contribution in [2.75, 3.05) is 14.1 Å². The van der Waals surface area contributed by atoms with Crippen LogP contribution in [0.3, 0.4) is 0 Å². The molecule has 1 aromatic carbocycles. The van der Waals surface area contributed by atoms with E-state index in [1.54, 1.807) is 31.5 Å². The zero-order valence-electron chi connectivity index (χ0n) is 13.0. The molecule has 0 fully saturated rings. The normalized spacial score (nSPS) is 11.5. The highest BCUT2D eigenvalue weighted by atomic mass is 35.5. The van der Waals surface area contributed by atoms with Crippen LogP contribution >= 0.6 is 22.9 Å². The van der Waals surface area contributed by atoms with Crippen LogP contribution in [0.5, 0.6) is 0 Å². The first kappa shape index (κ1) is 16.1. The summed E-state index contributed by atoms with van der Waals surface area (Å²) in [5.74, 6) is -0.0758. The van der Waals surface area contributed by atoms with Crippen molar-refractivity contribution in [1.29, 1.82) is 0 Å². The minimum Gasteiger partial charge on any atom is -0.345 e. The first-order chi connectivity index (χ1) is 9.70. The Balaban J connectivity index is 2.37. The minimum absolute atomic E-state index is 0.0758. The molecule has 1 amide bonds. The highest BCUT2D eigenvalue weighted by molar-refractivity contribution is 7.15. The highest BCUT2D eigenvalue weighted by Gasteiger charge is 2.18. The summed E-state index contributed by atoms with van der Waals surface area (Å²) in [5, 5.41) is 0.497. The lowest BCUT2D eigenvalue weighted by molar-refractivity contribution is 0.0828. The summed E-state index contributed by atoms with van der Waals surface area (Å²) in [7, 11) is 3.45. The average molecular weight is 322 g/mol. The van der Waals surface area contributed by atoms with Crippen LogP contribution in [0.15, 0.2) is 30.3 Å². The lowest BCUT2D eigenvalue weighted by atomic mass is 9.95. The van der Waals surface area contributed by atoms with E-state index in [-0.39, 0.29) is 11.3 Å². The van der Waals surface area contributed by atoms with Crippen molar-refractivity contribution in [1.82, 2.24) is 4.90 Å². The largest absolute Gasteiger partial charge is 0.345 e. The standard InChI is InChI=1S/C17H20ClNOS/c1-17(2,3)15-9-8-14(21-15)11-6-7-12(13(18)10-11)16(20)19(4)5/h6-10H,1-5H3. The number of halogens is 1. The van der Waals surface area contributed by atoms with Crippen LogP contribution in [0, 0.1) is 0 Å². The summed E-state index contributed by atoms with van der Waals surface area (Å²) in [6, 6.07) is 9.91. The zero-order valence-corrected chi connectivity index (χ0v) is 14.6. The van der Waals surface area contributed by atoms with E-state index in [0.717, 1.165) is 5.56 Å². The van der Waals surface area contributed by atoms with Crippen molar-refractivity contribution in [3.8, 4) is 10.4 Å². The van der Waals surface area contributed by atoms with Crippen LogP contribution in [-0.4, -0.2) is 24.9 Å². The number of rotatable bonds is 2. The molecule has 0 saturated heterocycles. The number of carbonyl (C=O) groups is 1. The van der Waals surface area contributed by atoms with E-state index in [1.807, 2.05) is 12.1 Å². The van der Waals surface area contributed by atoms with Crippen LogP contribution in [0.25, 0.3) is 10.4 Å². The molecule has 0 N–H and O–H groups in total. The maximum Gasteiger partial charge on any atom is 0.254 e. The Morgan fingerprint density at radius 1 is 1.14 bits per heavy atom. The number of carbonyl (C=O) groups excluding carboxylic acids is 1. The zero-order chi connectivity index (χ0) is 15.8. The number of hydrogen-bond donors (Lipinski definition) is 0. The molecule has 0 aliphatic rings. The lowest BCUT2D eigenvalue weighted by Gasteiger charge is -2.15. The van der Waals surface area contributed by atoms with E-state index >= 15 is 0 Å². The Morgan fingerprint density at radius 2 is 1.81 bits per heavy atom. The fourth-order valence-corrected chi connectivity index (χ4v) is 3.30. The van der Waals surface area contributed by atoms with Gasteiger partial charge in [0, 0.05) is 23.8 Å². The lowest BCUT2D eigenvalue weighted by Crippen LogP contribution is -2.21. The van der Waals surface area contributed by atoms with Gasteiger partial charge in [-0.1, -0.05) is 38.4 Å². The number of amides is 1. The maximum atomic E-state index is 12.0. The first-order valence-electron chi connectivity index (χ1n) is 6.82. The van der Waals surface area contributed by atoms with Crippen molar-refractivity contribution in [3.05, 3.63) is 45.8 Å². The van der Waals surface area contributed by atoms with E-state index in [4.69, 9.17) is 11.6 Å². The Labute approximate surface area is 135 Å². The molecule has 2 nitrogen and oxygen atoms in total. The molecule has 0 saturated carbocycles. The number of hydrogen-bond acceptors (Lipinski definition) is 2. The molecule has 0 aliphatic carbocycles. The van der Waals surface area contributed by atoms with Gasteiger partial charge in [0.1, 0.15) is 0 Å². The van der Waals surface area contributed by atoms with E-state index in [9.17, 15) is 4.79 Å². The molecule has 2 aromatic rings. The van der Waals surface area contributed by atoms with Gasteiger partial charge in [-0.2, -0.15) is 0 Å². The molecule has 0 unspecified atom stereocenters. The maximum absolute atomic E-state index is 12.0. The van der Waals surface area contributed by atoms with Gasteiger partial charge in [0.2, 0.25) is 0 Å². The Kier molecular flexibility index (Phi) is 4.45. The molecule has 0 spiro atoms. The van der Waals surface area contributed by atoms with Gasteiger partial charge >= 0.3 is 0 Å². The van der Waals surface area contributed by atoms with E-state index in [1.165, 1.54) is 14.7 Å². The monoisotopic (exact) mass is 321 g/mol. The quantitative estimate of drug-likeness (QED) is 0.756. The van der Waals surface area contributed by atoms with Gasteiger partial charge in [0.15, 0.2) is 0 Å². The summed E-state index contributed by atoms with van der Waals surface area (Å²) in [6.45, 7) is 6.61. The number of nitrogens with zero attached hydrogens (tertiary/aromatic N) is 1. The Hall–Kier alpha value is -1.32. The molecule has 1 aromatic heterocycles. The summed E-state index contributed by atoms with van der Waals surface area (Å²) in [6.07, 6.45) is 0. The SMILES string of the molecule is CN(C)C(=O)c1ccc(-c2ccc(C(C)(C)C)s2)cc1Cl. The predicted molar refractivity (Wildman–Crippen MR) is 91.5 cm³/mol. The predicted octanol–water partition coefficient (Wildman–Crippen LogP) is 5.07. The van der Waals surface area contributed by atoms with Crippen LogP contribution in [0.1, 0.15) is 36.0 Å². The van der Waals surface area contributed by atoms with Gasteiger partial charge in [-0.05, 0) is 35.2 Å². The minimum atomic E-state index is -0.0758. The van der Waals surface area contributed by atoms with Crippen LogP contribution in [0.4, 0.5) is 0 Å². The summed E-state index contributed by atoms with van der Waals surface area (Å²) in [4.78, 5) is 16.0. The molecule has 2 rings (SSSR count). The van der Waals surface area contributed by atoms with Gasteiger partial charge < -0.3 is 4.90 Å². The Morgan fingerprint density at radius 3 is 2.29 bits per heavy atom. The topological polar surface area (TPSA) is 20.3 Å². The van der Waals surface area contributed by atoms with Crippen molar-refractivity contribution < 1.29 is 4.79 Å². The molecule has 0 aliphatic heterocycles. The fraction of sp³-hybridized carbons (Fsp3) is 0.353. The molecule has 1 heterocycles. The second-order valence-electron chi connectivity index (χ2n) is 6.31. The van der Waals surface area contributed by atoms with Crippen LogP contribution in [-0.2, 0) is 5.41 Å². The van der Waals surface area contributed by atoms with Gasteiger partial charge in [0.25, 0.3) is 5.91 Å². The second-order valence-corrected chi connectivity index (χ2v) is 7.80. The van der Waals surface area contributed by atoms with Crippen molar-refractivity contribution in [3.63, 3.8) is 0 Å². The molecule has 0 atom stereocenters. The van der Waals surface area contributed by atoms with E-state index in [0.29, 0.717) is 10.6 Å². The van der Waals surface area contributed by atoms with Crippen LogP contribution in [0.2, 0.25) is 5.02 Å². The Bertz CT molecular complexity index is 668. The van der Waals surface area contributed by atoms with Crippen molar-refractivity contribution in [2.45, 2.75) is 26.2 Å². The number of benzene rings is 1. The third kappa shape index (κ3) is 3.47. The molecule has 112 valence electrons. The molecule has 21 heavy (non-hydrogen) atoms. The molecule has 4 heteroatoms. The summed E-state index contributed by atoms with van der Waals surface area (Å²) >= 11 is 8.04. The molecule has 0 bridgehead atoms. The molecule has 0 radical (unpaired) electrons. The first-order valence-corrected chi connectivity index (χ1v) is 8.01. The highest BCUT2D eigenvalue weighted by Crippen LogP contribution is 2.36. The van der Waals surface area contributed by atoms with Crippen molar-refractivity contribution >= 4 is 28.8 Å².